The molecule has 1 aromatic carbocycles. The van der Waals surface area contributed by atoms with Gasteiger partial charge in [-0.1, -0.05) is 0 Å². The molecule has 0 amide bonds. The van der Waals surface area contributed by atoms with Crippen molar-refractivity contribution in [2.75, 3.05) is 13.7 Å². The summed E-state index contributed by atoms with van der Waals surface area (Å²) in [4.78, 5) is 23.0. The summed E-state index contributed by atoms with van der Waals surface area (Å²) in [5.74, 6) is -0.502. The maximum absolute atomic E-state index is 11.7. The largest absolute Gasteiger partial charge is 0.493 e. The second kappa shape index (κ2) is 11.5. The molecule has 1 aromatic heterocycles. The van der Waals surface area contributed by atoms with Gasteiger partial charge >= 0.3 is 11.6 Å². The minimum atomic E-state index is -1.74. The topological polar surface area (TPSA) is 204 Å². The van der Waals surface area contributed by atoms with Crippen LogP contribution in [0.5, 0.6) is 11.5 Å². The molecule has 2 fully saturated rings. The number of esters is 1. The quantitative estimate of drug-likeness (QED) is 0.198. The van der Waals surface area contributed by atoms with Crippen LogP contribution in [0.1, 0.15) is 13.8 Å². The van der Waals surface area contributed by atoms with E-state index >= 15 is 0 Å². The number of fused-ring (bicyclic) bond motifs is 1. The molecule has 38 heavy (non-hydrogen) atoms. The lowest BCUT2D eigenvalue weighted by Crippen LogP contribution is -2.65. The highest BCUT2D eigenvalue weighted by Gasteiger charge is 2.51. The van der Waals surface area contributed by atoms with Gasteiger partial charge in [-0.05, 0) is 19.1 Å². The first-order chi connectivity index (χ1) is 18.0. The van der Waals surface area contributed by atoms with Gasteiger partial charge in [0.1, 0.15) is 36.1 Å². The van der Waals surface area contributed by atoms with Gasteiger partial charge in [0.15, 0.2) is 30.0 Å². The molecule has 5 N–H and O–H groups in total. The van der Waals surface area contributed by atoms with E-state index < -0.39 is 79.6 Å². The van der Waals surface area contributed by atoms with Crippen molar-refractivity contribution < 1.29 is 63.2 Å². The van der Waals surface area contributed by atoms with Crippen molar-refractivity contribution in [3.8, 4) is 11.5 Å². The van der Waals surface area contributed by atoms with E-state index in [1.165, 1.54) is 38.3 Å². The van der Waals surface area contributed by atoms with Gasteiger partial charge in [-0.2, -0.15) is 0 Å². The molecular formula is C24H30O14. The first kappa shape index (κ1) is 28.2. The van der Waals surface area contributed by atoms with Crippen LogP contribution < -0.4 is 15.1 Å². The van der Waals surface area contributed by atoms with Crippen molar-refractivity contribution >= 4 is 16.9 Å². The molecule has 0 bridgehead atoms. The SMILES string of the molecule is COc1cc2ccc(=O)oc2cc1OC1OC(CO)C(O)C(O)C1OC1OC(C)C(OC(C)=O)C(O)C1O. The number of ether oxygens (including phenoxy) is 6. The third kappa shape index (κ3) is 5.62. The number of benzene rings is 1. The van der Waals surface area contributed by atoms with Crippen LogP contribution in [0.25, 0.3) is 11.0 Å². The number of rotatable bonds is 7. The van der Waals surface area contributed by atoms with Gasteiger partial charge < -0.3 is 58.4 Å². The van der Waals surface area contributed by atoms with Gasteiger partial charge in [-0.3, -0.25) is 4.79 Å². The van der Waals surface area contributed by atoms with E-state index in [1.54, 1.807) is 0 Å². The van der Waals surface area contributed by atoms with Crippen LogP contribution in [0.4, 0.5) is 0 Å². The van der Waals surface area contributed by atoms with E-state index in [1.807, 2.05) is 0 Å². The van der Waals surface area contributed by atoms with E-state index in [0.717, 1.165) is 6.92 Å². The van der Waals surface area contributed by atoms with Crippen molar-refractivity contribution in [2.24, 2.45) is 0 Å². The van der Waals surface area contributed by atoms with Crippen molar-refractivity contribution in [1.29, 1.82) is 0 Å². The molecule has 4 rings (SSSR count). The fraction of sp³-hybridized carbons (Fsp3) is 0.583. The predicted molar refractivity (Wildman–Crippen MR) is 124 cm³/mol. The van der Waals surface area contributed by atoms with E-state index in [4.69, 9.17) is 32.8 Å². The summed E-state index contributed by atoms with van der Waals surface area (Å²) in [6.07, 6.45) is -14.7. The lowest BCUT2D eigenvalue weighted by atomic mass is 9.97. The Morgan fingerprint density at radius 2 is 1.66 bits per heavy atom. The van der Waals surface area contributed by atoms with E-state index in [0.29, 0.717) is 5.39 Å². The molecule has 0 saturated carbocycles. The highest BCUT2D eigenvalue weighted by Crippen LogP contribution is 2.36. The van der Waals surface area contributed by atoms with Crippen LogP contribution in [0.2, 0.25) is 0 Å². The minimum Gasteiger partial charge on any atom is -0.493 e. The predicted octanol–water partition coefficient (Wildman–Crippen LogP) is -1.60. The van der Waals surface area contributed by atoms with Gasteiger partial charge in [0.2, 0.25) is 6.29 Å². The van der Waals surface area contributed by atoms with E-state index in [-0.39, 0.29) is 17.1 Å². The molecule has 0 aliphatic carbocycles. The monoisotopic (exact) mass is 542 g/mol. The number of hydrogen-bond donors (Lipinski definition) is 5. The maximum Gasteiger partial charge on any atom is 0.336 e. The van der Waals surface area contributed by atoms with Crippen LogP contribution in [0.3, 0.4) is 0 Å². The van der Waals surface area contributed by atoms with Crippen molar-refractivity contribution in [2.45, 2.75) is 75.3 Å². The standard InChI is InChI=1S/C24H30O14/c1-9-21(34-10(2)26)19(30)20(31)23(33-9)38-22-18(29)17(28)15(8-25)37-24(22)36-14-7-12-11(6-13(14)32-3)4-5-16(27)35-12/h4-7,9,15,17-25,28-31H,8H2,1-3H3. The van der Waals surface area contributed by atoms with Gasteiger partial charge in [-0.15, -0.1) is 0 Å². The van der Waals surface area contributed by atoms with Crippen molar-refractivity contribution in [3.05, 3.63) is 34.7 Å². The smallest absolute Gasteiger partial charge is 0.336 e. The third-order valence-corrected chi connectivity index (χ3v) is 6.34. The molecule has 10 atom stereocenters. The Kier molecular flexibility index (Phi) is 8.54. The molecule has 2 aliphatic rings. The zero-order chi connectivity index (χ0) is 27.7. The number of aliphatic hydroxyl groups is 5. The molecule has 2 aliphatic heterocycles. The van der Waals surface area contributed by atoms with Gasteiger partial charge in [0.05, 0.1) is 19.8 Å². The zero-order valence-electron chi connectivity index (χ0n) is 20.7. The number of aliphatic hydroxyl groups excluding tert-OH is 5. The molecule has 14 nitrogen and oxygen atoms in total. The second-order valence-electron chi connectivity index (χ2n) is 8.99. The van der Waals surface area contributed by atoms with Crippen LogP contribution in [-0.2, 0) is 23.7 Å². The lowest BCUT2D eigenvalue weighted by Gasteiger charge is -2.46. The summed E-state index contributed by atoms with van der Waals surface area (Å²) in [7, 11) is 1.37. The van der Waals surface area contributed by atoms with Crippen molar-refractivity contribution in [3.63, 3.8) is 0 Å². The average molecular weight is 542 g/mol. The Morgan fingerprint density at radius 1 is 0.947 bits per heavy atom. The first-order valence-electron chi connectivity index (χ1n) is 11.8. The Morgan fingerprint density at radius 3 is 2.32 bits per heavy atom. The Hall–Kier alpha value is -2.82. The second-order valence-corrected chi connectivity index (χ2v) is 8.99. The molecule has 14 heteroatoms. The summed E-state index contributed by atoms with van der Waals surface area (Å²) >= 11 is 0. The molecule has 210 valence electrons. The van der Waals surface area contributed by atoms with E-state index in [2.05, 4.69) is 0 Å². The Labute approximate surface area is 215 Å². The number of carbonyl (C=O) groups is 1. The maximum atomic E-state index is 11.7. The number of carbonyl (C=O) groups excluding carboxylic acids is 1. The lowest BCUT2D eigenvalue weighted by molar-refractivity contribution is -0.355. The number of methoxy groups -OCH3 is 1. The molecular weight excluding hydrogens is 512 g/mol. The third-order valence-electron chi connectivity index (χ3n) is 6.34. The fourth-order valence-electron chi connectivity index (χ4n) is 4.38. The highest BCUT2D eigenvalue weighted by atomic mass is 16.8. The molecule has 10 unspecified atom stereocenters. The van der Waals surface area contributed by atoms with Crippen LogP contribution in [-0.4, -0.2) is 107 Å². The average Bonchev–Trinajstić information content (AvgIpc) is 2.88. The van der Waals surface area contributed by atoms with Crippen LogP contribution >= 0.6 is 0 Å². The summed E-state index contributed by atoms with van der Waals surface area (Å²) in [5, 5.41) is 52.6. The normalized spacial score (nSPS) is 35.6. The molecule has 2 aromatic rings. The molecule has 0 radical (unpaired) electrons. The van der Waals surface area contributed by atoms with E-state index in [9.17, 15) is 35.1 Å². The Bertz CT molecular complexity index is 1180. The Balaban J connectivity index is 1.63. The van der Waals surface area contributed by atoms with Crippen molar-refractivity contribution in [1.82, 2.24) is 0 Å². The first-order valence-corrected chi connectivity index (χ1v) is 11.8. The molecule has 0 spiro atoms. The summed E-state index contributed by atoms with van der Waals surface area (Å²) in [6.45, 7) is 1.93. The van der Waals surface area contributed by atoms with Crippen LogP contribution in [0.15, 0.2) is 33.5 Å². The fourth-order valence-corrected chi connectivity index (χ4v) is 4.38. The van der Waals surface area contributed by atoms with Gasteiger partial charge in [0, 0.05) is 24.4 Å². The van der Waals surface area contributed by atoms with Crippen LogP contribution in [0, 0.1) is 0 Å². The summed E-state index contributed by atoms with van der Waals surface area (Å²) in [6, 6.07) is 5.64. The highest BCUT2D eigenvalue weighted by molar-refractivity contribution is 5.80. The molecule has 2 saturated heterocycles. The summed E-state index contributed by atoms with van der Waals surface area (Å²) < 4.78 is 38.5. The van der Waals surface area contributed by atoms with Gasteiger partial charge in [0.25, 0.3) is 0 Å². The molecule has 3 heterocycles. The summed E-state index contributed by atoms with van der Waals surface area (Å²) in [5.41, 5.74) is -0.453. The number of hydrogen-bond acceptors (Lipinski definition) is 14. The van der Waals surface area contributed by atoms with Gasteiger partial charge in [-0.25, -0.2) is 4.79 Å². The zero-order valence-corrected chi connectivity index (χ0v) is 20.7. The minimum absolute atomic E-state index is 0.00154.